The highest BCUT2D eigenvalue weighted by Crippen LogP contribution is 2.30. The summed E-state index contributed by atoms with van der Waals surface area (Å²) in [5, 5.41) is 11.8. The highest BCUT2D eigenvalue weighted by molar-refractivity contribution is 6.01. The molecule has 0 aliphatic carbocycles. The molecule has 0 fully saturated rings. The summed E-state index contributed by atoms with van der Waals surface area (Å²) in [6, 6.07) is 13.9. The van der Waals surface area contributed by atoms with Crippen molar-refractivity contribution in [2.24, 2.45) is 0 Å². The second kappa shape index (κ2) is 10.3. The van der Waals surface area contributed by atoms with E-state index >= 15 is 0 Å². The molecule has 2 aromatic carbocycles. The number of nitriles is 1. The zero-order valence-corrected chi connectivity index (χ0v) is 18.2. The molecule has 2 aromatic rings. The molecule has 1 amide bonds. The molecule has 6 heteroatoms. The number of hydrogen-bond donors (Lipinski definition) is 1. The summed E-state index contributed by atoms with van der Waals surface area (Å²) in [5.74, 6) is -0.476. The van der Waals surface area contributed by atoms with Gasteiger partial charge in [-0.05, 0) is 46.9 Å². The largest absolute Gasteiger partial charge is 0.493 e. The molecular formula is C25H26N2O4. The second-order valence-corrected chi connectivity index (χ2v) is 7.80. The average molecular weight is 418 g/mol. The molecule has 0 heterocycles. The van der Waals surface area contributed by atoms with E-state index in [-0.39, 0.29) is 23.3 Å². The van der Waals surface area contributed by atoms with Gasteiger partial charge in [-0.15, -0.1) is 6.58 Å². The number of ether oxygens (including phenoxy) is 2. The number of nitrogens with zero attached hydrogens (tertiary/aromatic N) is 1. The molecule has 0 aromatic heterocycles. The van der Waals surface area contributed by atoms with E-state index in [1.54, 1.807) is 30.3 Å². The fourth-order valence-electron chi connectivity index (χ4n) is 2.70. The quantitative estimate of drug-likeness (QED) is 0.236. The molecule has 0 radical (unpaired) electrons. The molecule has 6 nitrogen and oxygen atoms in total. The minimum absolute atomic E-state index is 0.0140. The molecule has 1 N–H and O–H groups in total. The predicted octanol–water partition coefficient (Wildman–Crippen LogP) is 4.42. The first kappa shape index (κ1) is 23.4. The normalized spacial score (nSPS) is 11.3. The first-order valence-corrected chi connectivity index (χ1v) is 9.71. The van der Waals surface area contributed by atoms with E-state index in [9.17, 15) is 14.9 Å². The van der Waals surface area contributed by atoms with Crippen molar-refractivity contribution in [3.8, 4) is 17.6 Å². The van der Waals surface area contributed by atoms with Crippen molar-refractivity contribution in [2.45, 2.75) is 26.2 Å². The molecule has 0 saturated carbocycles. The first-order valence-electron chi connectivity index (χ1n) is 9.71. The summed E-state index contributed by atoms with van der Waals surface area (Å²) in [5.41, 5.74) is 2.01. The van der Waals surface area contributed by atoms with Crippen LogP contribution in [0.4, 0.5) is 0 Å². The first-order chi connectivity index (χ1) is 14.7. The van der Waals surface area contributed by atoms with Gasteiger partial charge in [0.15, 0.2) is 11.5 Å². The lowest BCUT2D eigenvalue weighted by Crippen LogP contribution is -2.24. The zero-order valence-electron chi connectivity index (χ0n) is 18.2. The number of hydrogen-bond acceptors (Lipinski definition) is 5. The van der Waals surface area contributed by atoms with Gasteiger partial charge in [0, 0.05) is 6.54 Å². The number of carbonyl (C=O) groups is 2. The Morgan fingerprint density at radius 2 is 1.81 bits per heavy atom. The number of carbonyl (C=O) groups excluding carboxylic acids is 2. The molecule has 2 rings (SSSR count). The Hall–Kier alpha value is -3.85. The average Bonchev–Trinajstić information content (AvgIpc) is 2.75. The Kier molecular flexibility index (Phi) is 7.75. The van der Waals surface area contributed by atoms with Gasteiger partial charge in [0.05, 0.1) is 12.7 Å². The van der Waals surface area contributed by atoms with Crippen molar-refractivity contribution in [2.75, 3.05) is 13.7 Å². The van der Waals surface area contributed by atoms with Crippen LogP contribution in [-0.2, 0) is 10.2 Å². The molecular weight excluding hydrogens is 392 g/mol. The van der Waals surface area contributed by atoms with E-state index in [2.05, 4.69) is 32.7 Å². The van der Waals surface area contributed by atoms with Gasteiger partial charge < -0.3 is 14.8 Å². The molecule has 0 bridgehead atoms. The molecule has 31 heavy (non-hydrogen) atoms. The Labute approximate surface area is 182 Å². The number of rotatable bonds is 7. The molecule has 0 atom stereocenters. The molecule has 0 saturated heterocycles. The van der Waals surface area contributed by atoms with E-state index in [0.29, 0.717) is 16.9 Å². The van der Waals surface area contributed by atoms with Crippen LogP contribution in [0.5, 0.6) is 11.5 Å². The second-order valence-electron chi connectivity index (χ2n) is 7.80. The van der Waals surface area contributed by atoms with Crippen molar-refractivity contribution in [3.05, 3.63) is 77.4 Å². The van der Waals surface area contributed by atoms with Crippen molar-refractivity contribution in [1.82, 2.24) is 5.32 Å². The van der Waals surface area contributed by atoms with Crippen LogP contribution in [0.3, 0.4) is 0 Å². The Morgan fingerprint density at radius 1 is 1.13 bits per heavy atom. The van der Waals surface area contributed by atoms with E-state index in [1.807, 2.05) is 18.2 Å². The van der Waals surface area contributed by atoms with Gasteiger partial charge in [-0.1, -0.05) is 45.0 Å². The minimum atomic E-state index is -0.511. The van der Waals surface area contributed by atoms with Crippen molar-refractivity contribution < 1.29 is 19.1 Å². The Morgan fingerprint density at radius 3 is 2.35 bits per heavy atom. The van der Waals surface area contributed by atoms with Gasteiger partial charge in [0.2, 0.25) is 0 Å². The minimum Gasteiger partial charge on any atom is -0.493 e. The van der Waals surface area contributed by atoms with Crippen LogP contribution >= 0.6 is 0 Å². The van der Waals surface area contributed by atoms with Gasteiger partial charge >= 0.3 is 5.97 Å². The van der Waals surface area contributed by atoms with Gasteiger partial charge in [0.25, 0.3) is 5.91 Å². The lowest BCUT2D eigenvalue weighted by molar-refractivity contribution is -0.116. The van der Waals surface area contributed by atoms with Gasteiger partial charge in [-0.25, -0.2) is 4.79 Å². The Balaban J connectivity index is 2.22. The fraction of sp³-hybridized carbons (Fsp3) is 0.240. The fourth-order valence-corrected chi connectivity index (χ4v) is 2.70. The van der Waals surface area contributed by atoms with Crippen molar-refractivity contribution in [1.29, 1.82) is 5.26 Å². The maximum absolute atomic E-state index is 12.5. The summed E-state index contributed by atoms with van der Waals surface area (Å²) >= 11 is 0. The van der Waals surface area contributed by atoms with Gasteiger partial charge in [0.1, 0.15) is 11.6 Å². The third kappa shape index (κ3) is 6.31. The van der Waals surface area contributed by atoms with Crippen LogP contribution < -0.4 is 14.8 Å². The maximum atomic E-state index is 12.5. The molecule has 0 aliphatic heterocycles. The summed E-state index contributed by atoms with van der Waals surface area (Å²) in [6.45, 7) is 10.1. The zero-order chi connectivity index (χ0) is 23.0. The number of amides is 1. The summed E-state index contributed by atoms with van der Waals surface area (Å²) in [6.07, 6.45) is 2.95. The lowest BCUT2D eigenvalue weighted by atomic mass is 9.87. The summed E-state index contributed by atoms with van der Waals surface area (Å²) in [4.78, 5) is 24.5. The molecule has 0 unspecified atom stereocenters. The van der Waals surface area contributed by atoms with Crippen molar-refractivity contribution >= 4 is 18.0 Å². The van der Waals surface area contributed by atoms with E-state index in [4.69, 9.17) is 9.47 Å². The third-order valence-electron chi connectivity index (χ3n) is 4.46. The monoisotopic (exact) mass is 418 g/mol. The topological polar surface area (TPSA) is 88.4 Å². The van der Waals surface area contributed by atoms with Crippen LogP contribution in [0, 0.1) is 11.3 Å². The maximum Gasteiger partial charge on any atom is 0.343 e. The summed E-state index contributed by atoms with van der Waals surface area (Å²) < 4.78 is 10.8. The standard InChI is InChI=1S/C25H26N2O4/c1-6-13-27-23(28)19(16-26)14-17-7-12-21(22(15-17)30-5)31-24(29)18-8-10-20(11-9-18)25(2,3)4/h6-12,14-15H,1,13H2,2-5H3,(H,27,28)/b19-14+. The smallest absolute Gasteiger partial charge is 0.343 e. The summed E-state index contributed by atoms with van der Waals surface area (Å²) in [7, 11) is 1.44. The van der Waals surface area contributed by atoms with Gasteiger partial charge in [-0.2, -0.15) is 5.26 Å². The van der Waals surface area contributed by atoms with E-state index in [0.717, 1.165) is 5.56 Å². The van der Waals surface area contributed by atoms with E-state index < -0.39 is 11.9 Å². The molecule has 0 aliphatic rings. The number of methoxy groups -OCH3 is 1. The number of benzene rings is 2. The van der Waals surface area contributed by atoms with Crippen LogP contribution in [0.1, 0.15) is 42.3 Å². The highest BCUT2D eigenvalue weighted by atomic mass is 16.6. The SMILES string of the molecule is C=CCNC(=O)/C(C#N)=C/c1ccc(OC(=O)c2ccc(C(C)(C)C)cc2)c(OC)c1. The van der Waals surface area contributed by atoms with E-state index in [1.165, 1.54) is 19.3 Å². The highest BCUT2D eigenvalue weighted by Gasteiger charge is 2.17. The van der Waals surface area contributed by atoms with Crippen LogP contribution in [0.25, 0.3) is 6.08 Å². The van der Waals surface area contributed by atoms with Crippen LogP contribution in [-0.4, -0.2) is 25.5 Å². The predicted molar refractivity (Wildman–Crippen MR) is 120 cm³/mol. The molecule has 0 spiro atoms. The van der Waals surface area contributed by atoms with Crippen LogP contribution in [0.15, 0.2) is 60.7 Å². The lowest BCUT2D eigenvalue weighted by Gasteiger charge is -2.19. The Bertz CT molecular complexity index is 1040. The van der Waals surface area contributed by atoms with Gasteiger partial charge in [-0.3, -0.25) is 4.79 Å². The number of esters is 1. The third-order valence-corrected chi connectivity index (χ3v) is 4.46. The molecule has 160 valence electrons. The number of nitrogens with one attached hydrogen (secondary N) is 1. The van der Waals surface area contributed by atoms with Crippen molar-refractivity contribution in [3.63, 3.8) is 0 Å². The van der Waals surface area contributed by atoms with Crippen LogP contribution in [0.2, 0.25) is 0 Å².